The summed E-state index contributed by atoms with van der Waals surface area (Å²) in [6, 6.07) is 5.54. The minimum Gasteiger partial charge on any atom is -0.395 e. The number of rotatable bonds is 5. The summed E-state index contributed by atoms with van der Waals surface area (Å²) in [6.07, 6.45) is 0.393. The third-order valence-corrected chi connectivity index (χ3v) is 2.84. The number of hydrogen-bond donors (Lipinski definition) is 2. The molecule has 1 aromatic rings. The molecular formula is C17H23NO3. The minimum atomic E-state index is -0.452. The average molecular weight is 289 g/mol. The molecule has 0 heterocycles. The van der Waals surface area contributed by atoms with E-state index in [4.69, 9.17) is 9.84 Å². The van der Waals surface area contributed by atoms with Gasteiger partial charge in [-0.3, -0.25) is 4.79 Å². The van der Waals surface area contributed by atoms with Crippen LogP contribution in [0.1, 0.15) is 41.8 Å². The Morgan fingerprint density at radius 3 is 2.76 bits per heavy atom. The molecule has 1 rings (SSSR count). The summed E-state index contributed by atoms with van der Waals surface area (Å²) in [5.74, 6) is 5.63. The number of benzene rings is 1. The second kappa shape index (κ2) is 7.82. The van der Waals surface area contributed by atoms with Gasteiger partial charge in [0.25, 0.3) is 5.91 Å². The summed E-state index contributed by atoms with van der Waals surface area (Å²) in [4.78, 5) is 12.4. The van der Waals surface area contributed by atoms with Crippen molar-refractivity contribution in [2.45, 2.75) is 32.7 Å². The lowest BCUT2D eigenvalue weighted by Crippen LogP contribution is -2.47. The van der Waals surface area contributed by atoms with Crippen LogP contribution in [0.3, 0.4) is 0 Å². The fraction of sp³-hybridized carbons (Fsp3) is 0.471. The summed E-state index contributed by atoms with van der Waals surface area (Å²) < 4.78 is 5.10. The van der Waals surface area contributed by atoms with Crippen molar-refractivity contribution < 1.29 is 14.6 Å². The van der Waals surface area contributed by atoms with E-state index >= 15 is 0 Å². The normalized spacial score (nSPS) is 10.7. The molecule has 0 spiro atoms. The van der Waals surface area contributed by atoms with Crippen molar-refractivity contribution in [2.75, 3.05) is 20.3 Å². The highest BCUT2D eigenvalue weighted by molar-refractivity contribution is 5.97. The average Bonchev–Trinajstić information content (AvgIpc) is 2.38. The summed E-state index contributed by atoms with van der Waals surface area (Å²) in [5, 5.41) is 11.7. The maximum atomic E-state index is 12.4. The smallest absolute Gasteiger partial charge is 0.253 e. The first kappa shape index (κ1) is 17.2. The Kier molecular flexibility index (Phi) is 6.41. The van der Waals surface area contributed by atoms with Gasteiger partial charge in [0.1, 0.15) is 0 Å². The Hall–Kier alpha value is -1.83. The number of carbonyl (C=O) groups excluding carboxylic acids is 1. The van der Waals surface area contributed by atoms with Crippen LogP contribution < -0.4 is 5.32 Å². The first-order chi connectivity index (χ1) is 9.89. The summed E-state index contributed by atoms with van der Waals surface area (Å²) in [6.45, 7) is 6.20. The van der Waals surface area contributed by atoms with Gasteiger partial charge in [0.05, 0.1) is 24.3 Å². The number of aliphatic hydroxyl groups excluding tert-OH is 1. The molecule has 114 valence electrons. The van der Waals surface area contributed by atoms with Gasteiger partial charge in [0.2, 0.25) is 0 Å². The van der Waals surface area contributed by atoms with E-state index in [1.165, 1.54) is 0 Å². The van der Waals surface area contributed by atoms with Gasteiger partial charge in [-0.1, -0.05) is 17.9 Å². The highest BCUT2D eigenvalue weighted by atomic mass is 16.5. The highest BCUT2D eigenvalue weighted by Gasteiger charge is 2.22. The lowest BCUT2D eigenvalue weighted by molar-refractivity contribution is 0.0820. The number of hydrogen-bond acceptors (Lipinski definition) is 3. The zero-order valence-corrected chi connectivity index (χ0v) is 13.1. The zero-order chi connectivity index (χ0) is 15.9. The maximum absolute atomic E-state index is 12.4. The Morgan fingerprint density at radius 2 is 2.14 bits per heavy atom. The number of carbonyl (C=O) groups is 1. The van der Waals surface area contributed by atoms with Crippen molar-refractivity contribution in [3.05, 3.63) is 34.9 Å². The maximum Gasteiger partial charge on any atom is 0.253 e. The van der Waals surface area contributed by atoms with E-state index in [1.807, 2.05) is 32.9 Å². The second-order valence-corrected chi connectivity index (χ2v) is 5.60. The monoisotopic (exact) mass is 289 g/mol. The molecule has 4 heteroatoms. The topological polar surface area (TPSA) is 58.6 Å². The molecule has 0 aliphatic rings. The third kappa shape index (κ3) is 5.58. The second-order valence-electron chi connectivity index (χ2n) is 5.60. The largest absolute Gasteiger partial charge is 0.395 e. The SMILES string of the molecule is COCC(C)(C)NC(=O)c1ccc(C)cc1C#CCCO. The molecule has 1 amide bonds. The van der Waals surface area contributed by atoms with E-state index in [-0.39, 0.29) is 12.5 Å². The summed E-state index contributed by atoms with van der Waals surface area (Å²) >= 11 is 0. The van der Waals surface area contributed by atoms with Crippen LogP contribution in [0.5, 0.6) is 0 Å². The van der Waals surface area contributed by atoms with Gasteiger partial charge in [-0.15, -0.1) is 0 Å². The van der Waals surface area contributed by atoms with Crippen molar-refractivity contribution in [2.24, 2.45) is 0 Å². The lowest BCUT2D eigenvalue weighted by Gasteiger charge is -2.25. The Bertz CT molecular complexity index is 553. The van der Waals surface area contributed by atoms with Crippen molar-refractivity contribution in [3.8, 4) is 11.8 Å². The molecule has 0 radical (unpaired) electrons. The van der Waals surface area contributed by atoms with E-state index < -0.39 is 5.54 Å². The molecule has 0 aliphatic heterocycles. The molecule has 0 saturated carbocycles. The van der Waals surface area contributed by atoms with Crippen molar-refractivity contribution in [3.63, 3.8) is 0 Å². The summed E-state index contributed by atoms with van der Waals surface area (Å²) in [5.41, 5.74) is 1.80. The number of aryl methyl sites for hydroxylation is 1. The molecule has 1 aromatic carbocycles. The molecule has 0 fully saturated rings. The van der Waals surface area contributed by atoms with Gasteiger partial charge in [-0.25, -0.2) is 0 Å². The quantitative estimate of drug-likeness (QED) is 0.814. The predicted molar refractivity (Wildman–Crippen MR) is 83.2 cm³/mol. The molecule has 0 aromatic heterocycles. The summed E-state index contributed by atoms with van der Waals surface area (Å²) in [7, 11) is 1.60. The number of ether oxygens (including phenoxy) is 1. The third-order valence-electron chi connectivity index (χ3n) is 2.84. The van der Waals surface area contributed by atoms with Gasteiger partial charge < -0.3 is 15.2 Å². The predicted octanol–water partition coefficient (Wildman–Crippen LogP) is 1.88. The Morgan fingerprint density at radius 1 is 1.43 bits per heavy atom. The molecule has 0 atom stereocenters. The molecule has 2 N–H and O–H groups in total. The first-order valence-electron chi connectivity index (χ1n) is 6.91. The molecule has 0 bridgehead atoms. The molecular weight excluding hydrogens is 266 g/mol. The van der Waals surface area contributed by atoms with E-state index in [0.29, 0.717) is 24.2 Å². The minimum absolute atomic E-state index is 0.0151. The zero-order valence-electron chi connectivity index (χ0n) is 13.1. The standard InChI is InChI=1S/C17H23NO3/c1-13-8-9-15(14(11-13)7-5-6-10-19)16(20)18-17(2,3)12-21-4/h8-9,11,19H,6,10,12H2,1-4H3,(H,18,20). The van der Waals surface area contributed by atoms with Crippen molar-refractivity contribution in [1.82, 2.24) is 5.32 Å². The Labute approximate surface area is 126 Å². The van der Waals surface area contributed by atoms with Gasteiger partial charge in [-0.05, 0) is 38.5 Å². The van der Waals surface area contributed by atoms with Crippen LogP contribution in [0, 0.1) is 18.8 Å². The molecule has 0 aliphatic carbocycles. The van der Waals surface area contributed by atoms with E-state index in [2.05, 4.69) is 17.2 Å². The number of aliphatic hydroxyl groups is 1. The fourth-order valence-corrected chi connectivity index (χ4v) is 1.94. The van der Waals surface area contributed by atoms with E-state index in [9.17, 15) is 4.79 Å². The highest BCUT2D eigenvalue weighted by Crippen LogP contribution is 2.13. The van der Waals surface area contributed by atoms with E-state index in [0.717, 1.165) is 5.56 Å². The van der Waals surface area contributed by atoms with Crippen molar-refractivity contribution >= 4 is 5.91 Å². The number of nitrogens with one attached hydrogen (secondary N) is 1. The van der Waals surface area contributed by atoms with Crippen LogP contribution in [0.2, 0.25) is 0 Å². The van der Waals surface area contributed by atoms with Crippen LogP contribution in [0.4, 0.5) is 0 Å². The fourth-order valence-electron chi connectivity index (χ4n) is 1.94. The lowest BCUT2D eigenvalue weighted by atomic mass is 10.0. The molecule has 4 nitrogen and oxygen atoms in total. The Balaban J connectivity index is 3.01. The van der Waals surface area contributed by atoms with Crippen LogP contribution in [0.25, 0.3) is 0 Å². The molecule has 0 unspecified atom stereocenters. The van der Waals surface area contributed by atoms with Crippen LogP contribution in [0.15, 0.2) is 18.2 Å². The van der Waals surface area contributed by atoms with Crippen molar-refractivity contribution in [1.29, 1.82) is 0 Å². The van der Waals surface area contributed by atoms with Gasteiger partial charge >= 0.3 is 0 Å². The van der Waals surface area contributed by atoms with Gasteiger partial charge in [0, 0.05) is 19.1 Å². The number of methoxy groups -OCH3 is 1. The molecule has 0 saturated heterocycles. The van der Waals surface area contributed by atoms with Crippen LogP contribution in [-0.4, -0.2) is 36.9 Å². The van der Waals surface area contributed by atoms with Crippen LogP contribution >= 0.6 is 0 Å². The number of amides is 1. The van der Waals surface area contributed by atoms with E-state index in [1.54, 1.807) is 13.2 Å². The van der Waals surface area contributed by atoms with Crippen LogP contribution in [-0.2, 0) is 4.74 Å². The van der Waals surface area contributed by atoms with Gasteiger partial charge in [0.15, 0.2) is 0 Å². The molecule has 21 heavy (non-hydrogen) atoms. The first-order valence-corrected chi connectivity index (χ1v) is 6.91. The van der Waals surface area contributed by atoms with Gasteiger partial charge in [-0.2, -0.15) is 0 Å².